The predicted molar refractivity (Wildman–Crippen MR) is 64.0 cm³/mol. The van der Waals surface area contributed by atoms with Crippen molar-refractivity contribution in [3.05, 3.63) is 0 Å². The van der Waals surface area contributed by atoms with Crippen LogP contribution in [0.1, 0.15) is 39.5 Å². The molecule has 14 heavy (non-hydrogen) atoms. The Morgan fingerprint density at radius 2 is 2.07 bits per heavy atom. The van der Waals surface area contributed by atoms with Gasteiger partial charge in [0.2, 0.25) is 0 Å². The molecule has 0 aromatic rings. The fraction of sp³-hybridized carbons (Fsp3) is 1.00. The van der Waals surface area contributed by atoms with Crippen LogP contribution in [0.2, 0.25) is 0 Å². The average molecular weight is 220 g/mol. The SMILES string of the molecule is CCCCC(CC)COC(CO)CS. The molecule has 0 fully saturated rings. The molecule has 0 aliphatic rings. The first-order valence-corrected chi connectivity index (χ1v) is 6.24. The molecule has 2 unspecified atom stereocenters. The van der Waals surface area contributed by atoms with E-state index >= 15 is 0 Å². The molecule has 2 atom stereocenters. The Labute approximate surface area is 93.5 Å². The first kappa shape index (κ1) is 14.3. The van der Waals surface area contributed by atoms with E-state index in [1.165, 1.54) is 19.3 Å². The van der Waals surface area contributed by atoms with Crippen molar-refractivity contribution in [2.45, 2.75) is 45.6 Å². The van der Waals surface area contributed by atoms with Crippen LogP contribution in [0, 0.1) is 5.92 Å². The van der Waals surface area contributed by atoms with Gasteiger partial charge in [0, 0.05) is 12.4 Å². The van der Waals surface area contributed by atoms with Crippen molar-refractivity contribution in [3.8, 4) is 0 Å². The minimum atomic E-state index is -0.0889. The van der Waals surface area contributed by atoms with Crippen molar-refractivity contribution >= 4 is 12.6 Å². The summed E-state index contributed by atoms with van der Waals surface area (Å²) < 4.78 is 5.56. The highest BCUT2D eigenvalue weighted by Crippen LogP contribution is 2.13. The maximum absolute atomic E-state index is 8.91. The third-order valence-electron chi connectivity index (χ3n) is 2.52. The van der Waals surface area contributed by atoms with Gasteiger partial charge >= 0.3 is 0 Å². The van der Waals surface area contributed by atoms with E-state index in [9.17, 15) is 0 Å². The van der Waals surface area contributed by atoms with Crippen molar-refractivity contribution in [2.75, 3.05) is 19.0 Å². The maximum atomic E-state index is 8.91. The molecule has 0 aromatic carbocycles. The highest BCUT2D eigenvalue weighted by atomic mass is 32.1. The number of thiol groups is 1. The van der Waals surface area contributed by atoms with Crippen LogP contribution in [-0.4, -0.2) is 30.2 Å². The van der Waals surface area contributed by atoms with E-state index in [0.29, 0.717) is 11.7 Å². The minimum Gasteiger partial charge on any atom is -0.394 e. The van der Waals surface area contributed by atoms with Gasteiger partial charge in [0.1, 0.15) is 0 Å². The fourth-order valence-electron chi connectivity index (χ4n) is 1.33. The Kier molecular flexibility index (Phi) is 10.0. The van der Waals surface area contributed by atoms with Crippen LogP contribution in [0.15, 0.2) is 0 Å². The first-order chi connectivity index (χ1) is 6.78. The van der Waals surface area contributed by atoms with Crippen molar-refractivity contribution in [1.82, 2.24) is 0 Å². The van der Waals surface area contributed by atoms with Gasteiger partial charge in [0.15, 0.2) is 0 Å². The second-order valence-electron chi connectivity index (χ2n) is 3.74. The van der Waals surface area contributed by atoms with Crippen LogP contribution < -0.4 is 0 Å². The molecule has 1 N–H and O–H groups in total. The lowest BCUT2D eigenvalue weighted by Gasteiger charge is -2.18. The van der Waals surface area contributed by atoms with Crippen molar-refractivity contribution in [1.29, 1.82) is 0 Å². The molecule has 86 valence electrons. The standard InChI is InChI=1S/C11H24O2S/c1-3-5-6-10(4-2)8-13-11(7-12)9-14/h10-12,14H,3-9H2,1-2H3. The molecule has 3 heteroatoms. The summed E-state index contributed by atoms with van der Waals surface area (Å²) in [5, 5.41) is 8.91. The molecule has 0 heterocycles. The summed E-state index contributed by atoms with van der Waals surface area (Å²) in [5.74, 6) is 1.24. The van der Waals surface area contributed by atoms with E-state index in [0.717, 1.165) is 13.0 Å². The molecule has 0 radical (unpaired) electrons. The van der Waals surface area contributed by atoms with Crippen LogP contribution >= 0.6 is 12.6 Å². The van der Waals surface area contributed by atoms with Gasteiger partial charge in [-0.3, -0.25) is 0 Å². The Morgan fingerprint density at radius 1 is 1.36 bits per heavy atom. The summed E-state index contributed by atoms with van der Waals surface area (Å²) in [6.45, 7) is 5.24. The summed E-state index contributed by atoms with van der Waals surface area (Å²) in [4.78, 5) is 0. The van der Waals surface area contributed by atoms with Crippen molar-refractivity contribution in [2.24, 2.45) is 5.92 Å². The van der Waals surface area contributed by atoms with Crippen molar-refractivity contribution in [3.63, 3.8) is 0 Å². The Balaban J connectivity index is 3.59. The molecule has 0 saturated carbocycles. The second-order valence-corrected chi connectivity index (χ2v) is 4.10. The molecule has 0 aliphatic heterocycles. The summed E-state index contributed by atoms with van der Waals surface area (Å²) in [6.07, 6.45) is 4.82. The Hall–Kier alpha value is 0.270. The maximum Gasteiger partial charge on any atom is 0.0893 e. The van der Waals surface area contributed by atoms with Gasteiger partial charge in [-0.1, -0.05) is 33.1 Å². The molecule has 0 aliphatic carbocycles. The van der Waals surface area contributed by atoms with Crippen LogP contribution in [-0.2, 0) is 4.74 Å². The summed E-state index contributed by atoms with van der Waals surface area (Å²) >= 11 is 4.11. The summed E-state index contributed by atoms with van der Waals surface area (Å²) in [6, 6.07) is 0. The predicted octanol–water partition coefficient (Wildman–Crippen LogP) is 2.51. The van der Waals surface area contributed by atoms with Crippen LogP contribution in [0.3, 0.4) is 0 Å². The van der Waals surface area contributed by atoms with Crippen molar-refractivity contribution < 1.29 is 9.84 Å². The number of hydrogen-bond acceptors (Lipinski definition) is 3. The zero-order valence-corrected chi connectivity index (χ0v) is 10.3. The molecular formula is C11H24O2S. The van der Waals surface area contributed by atoms with E-state index in [1.807, 2.05) is 0 Å². The van der Waals surface area contributed by atoms with Gasteiger partial charge < -0.3 is 9.84 Å². The third-order valence-corrected chi connectivity index (χ3v) is 2.93. The topological polar surface area (TPSA) is 29.5 Å². The van der Waals surface area contributed by atoms with E-state index in [1.54, 1.807) is 0 Å². The largest absolute Gasteiger partial charge is 0.394 e. The van der Waals surface area contributed by atoms with Gasteiger partial charge in [-0.25, -0.2) is 0 Å². The number of rotatable bonds is 9. The quantitative estimate of drug-likeness (QED) is 0.585. The molecule has 0 rings (SSSR count). The lowest BCUT2D eigenvalue weighted by atomic mass is 10.0. The molecule has 0 bridgehead atoms. The van der Waals surface area contributed by atoms with Crippen LogP contribution in [0.25, 0.3) is 0 Å². The lowest BCUT2D eigenvalue weighted by molar-refractivity contribution is 0.00680. The van der Waals surface area contributed by atoms with Crippen LogP contribution in [0.4, 0.5) is 0 Å². The van der Waals surface area contributed by atoms with Gasteiger partial charge in [-0.15, -0.1) is 0 Å². The molecule has 0 amide bonds. The van der Waals surface area contributed by atoms with Crippen LogP contribution in [0.5, 0.6) is 0 Å². The van der Waals surface area contributed by atoms with E-state index < -0.39 is 0 Å². The summed E-state index contributed by atoms with van der Waals surface area (Å²) in [7, 11) is 0. The lowest BCUT2D eigenvalue weighted by Crippen LogP contribution is -2.23. The highest BCUT2D eigenvalue weighted by Gasteiger charge is 2.10. The average Bonchev–Trinajstić information content (AvgIpc) is 2.23. The number of ether oxygens (including phenoxy) is 1. The molecule has 0 saturated heterocycles. The molecule has 0 aromatic heterocycles. The number of unbranched alkanes of at least 4 members (excludes halogenated alkanes) is 1. The monoisotopic (exact) mass is 220 g/mol. The number of aliphatic hydroxyl groups excluding tert-OH is 1. The van der Waals surface area contributed by atoms with Gasteiger partial charge in [-0.05, 0) is 12.3 Å². The van der Waals surface area contributed by atoms with Gasteiger partial charge in [0.25, 0.3) is 0 Å². The molecule has 2 nitrogen and oxygen atoms in total. The summed E-state index contributed by atoms with van der Waals surface area (Å²) in [5.41, 5.74) is 0. The smallest absolute Gasteiger partial charge is 0.0893 e. The highest BCUT2D eigenvalue weighted by molar-refractivity contribution is 7.80. The number of aliphatic hydroxyl groups is 1. The zero-order valence-electron chi connectivity index (χ0n) is 9.41. The van der Waals surface area contributed by atoms with Gasteiger partial charge in [0.05, 0.1) is 12.7 Å². The Morgan fingerprint density at radius 3 is 2.50 bits per heavy atom. The molecule has 0 spiro atoms. The van der Waals surface area contributed by atoms with E-state index in [4.69, 9.17) is 9.84 Å². The second kappa shape index (κ2) is 9.81. The molecular weight excluding hydrogens is 196 g/mol. The van der Waals surface area contributed by atoms with E-state index in [-0.39, 0.29) is 12.7 Å². The zero-order chi connectivity index (χ0) is 10.8. The normalized spacial score (nSPS) is 15.4. The number of hydrogen-bond donors (Lipinski definition) is 2. The van der Waals surface area contributed by atoms with Gasteiger partial charge in [-0.2, -0.15) is 12.6 Å². The third kappa shape index (κ3) is 6.68. The Bertz CT molecular complexity index is 116. The first-order valence-electron chi connectivity index (χ1n) is 5.61. The minimum absolute atomic E-state index is 0.0771. The fourth-order valence-corrected chi connectivity index (χ4v) is 1.55. The van der Waals surface area contributed by atoms with E-state index in [2.05, 4.69) is 26.5 Å².